The van der Waals surface area contributed by atoms with E-state index in [0.29, 0.717) is 5.69 Å². The van der Waals surface area contributed by atoms with Crippen LogP contribution in [-0.4, -0.2) is 23.2 Å². The van der Waals surface area contributed by atoms with Crippen molar-refractivity contribution in [1.82, 2.24) is 10.2 Å². The molecule has 0 radical (unpaired) electrons. The predicted molar refractivity (Wildman–Crippen MR) is 102 cm³/mol. The first-order valence-corrected chi connectivity index (χ1v) is 8.70. The van der Waals surface area contributed by atoms with Gasteiger partial charge in [0.2, 0.25) is 0 Å². The first-order valence-electron chi connectivity index (χ1n) is 8.70. The smallest absolute Gasteiger partial charge is 0.273 e. The zero-order valence-electron chi connectivity index (χ0n) is 15.1. The topological polar surface area (TPSA) is 67.0 Å². The fourth-order valence-electron chi connectivity index (χ4n) is 3.43. The highest BCUT2D eigenvalue weighted by molar-refractivity contribution is 6.05. The number of carbonyl (C=O) groups excluding carboxylic acids is 1. The van der Waals surface area contributed by atoms with Gasteiger partial charge in [0, 0.05) is 16.8 Å². The van der Waals surface area contributed by atoms with Crippen LogP contribution in [0.15, 0.2) is 36.4 Å². The Morgan fingerprint density at radius 2 is 1.96 bits per heavy atom. The third kappa shape index (κ3) is 2.75. The van der Waals surface area contributed by atoms with Crippen LogP contribution in [0.1, 0.15) is 32.7 Å². The minimum absolute atomic E-state index is 0.154. The number of anilines is 1. The number of nitrogens with zero attached hydrogens (tertiary/aromatic N) is 1. The lowest BCUT2D eigenvalue weighted by atomic mass is 9.89. The number of aromatic amines is 1. The van der Waals surface area contributed by atoms with E-state index in [-0.39, 0.29) is 5.91 Å². The number of nitrogens with one attached hydrogen (secondary N) is 2. The van der Waals surface area contributed by atoms with Crippen LogP contribution in [0.4, 0.5) is 5.69 Å². The highest BCUT2D eigenvalue weighted by Gasteiger charge is 2.25. The molecule has 0 fully saturated rings. The van der Waals surface area contributed by atoms with Gasteiger partial charge in [0.05, 0.1) is 12.8 Å². The van der Waals surface area contributed by atoms with Gasteiger partial charge in [-0.05, 0) is 73.7 Å². The standard InChI is InChI=1S/C21H21N3O2/c1-12-4-6-15(10-13(12)2)22-21(25)20-18-8-5-14-11-16(26-3)7-9-17(14)19(18)23-24-20/h4,6-7,9-11H,5,8H2,1-3H3,(H,22,25)(H,23,24). The molecule has 1 heterocycles. The van der Waals surface area contributed by atoms with Crippen molar-refractivity contribution < 1.29 is 9.53 Å². The maximum absolute atomic E-state index is 12.8. The fraction of sp³-hybridized carbons (Fsp3) is 0.238. The van der Waals surface area contributed by atoms with Crippen molar-refractivity contribution in [3.63, 3.8) is 0 Å². The molecule has 1 amide bonds. The molecule has 0 spiro atoms. The number of rotatable bonds is 3. The lowest BCUT2D eigenvalue weighted by Crippen LogP contribution is -2.16. The van der Waals surface area contributed by atoms with Crippen LogP contribution in [0.25, 0.3) is 11.3 Å². The maximum Gasteiger partial charge on any atom is 0.273 e. The van der Waals surface area contributed by atoms with Crippen molar-refractivity contribution in [2.75, 3.05) is 12.4 Å². The minimum Gasteiger partial charge on any atom is -0.497 e. The number of methoxy groups -OCH3 is 1. The number of fused-ring (bicyclic) bond motifs is 3. The number of hydrogen-bond donors (Lipinski definition) is 2. The molecule has 0 aliphatic heterocycles. The number of benzene rings is 2. The number of amides is 1. The quantitative estimate of drug-likeness (QED) is 0.751. The maximum atomic E-state index is 12.8. The number of aromatic nitrogens is 2. The van der Waals surface area contributed by atoms with Gasteiger partial charge < -0.3 is 10.1 Å². The van der Waals surface area contributed by atoms with Gasteiger partial charge in [-0.3, -0.25) is 9.89 Å². The van der Waals surface area contributed by atoms with Gasteiger partial charge in [-0.2, -0.15) is 5.10 Å². The first-order chi connectivity index (χ1) is 12.6. The van der Waals surface area contributed by atoms with Crippen LogP contribution in [0.3, 0.4) is 0 Å². The summed E-state index contributed by atoms with van der Waals surface area (Å²) in [6, 6.07) is 11.9. The normalized spacial score (nSPS) is 12.3. The van der Waals surface area contributed by atoms with Crippen molar-refractivity contribution in [2.45, 2.75) is 26.7 Å². The Kier molecular flexibility index (Phi) is 3.99. The zero-order valence-corrected chi connectivity index (χ0v) is 15.1. The second kappa shape index (κ2) is 6.33. The predicted octanol–water partition coefficient (Wildman–Crippen LogP) is 4.05. The number of aryl methyl sites for hydroxylation is 3. The van der Waals surface area contributed by atoms with Crippen molar-refractivity contribution >= 4 is 11.6 Å². The molecule has 1 aliphatic carbocycles. The van der Waals surface area contributed by atoms with E-state index >= 15 is 0 Å². The van der Waals surface area contributed by atoms with E-state index in [2.05, 4.69) is 22.4 Å². The average molecular weight is 347 g/mol. The Balaban J connectivity index is 1.64. The molecule has 1 aliphatic rings. The summed E-state index contributed by atoms with van der Waals surface area (Å²) in [6.07, 6.45) is 1.64. The third-order valence-electron chi connectivity index (χ3n) is 5.07. The summed E-state index contributed by atoms with van der Waals surface area (Å²) in [4.78, 5) is 12.8. The van der Waals surface area contributed by atoms with Gasteiger partial charge in [0.1, 0.15) is 11.4 Å². The summed E-state index contributed by atoms with van der Waals surface area (Å²) in [5.41, 5.74) is 7.79. The molecule has 5 heteroatoms. The molecule has 132 valence electrons. The monoisotopic (exact) mass is 347 g/mol. The summed E-state index contributed by atoms with van der Waals surface area (Å²) >= 11 is 0. The Morgan fingerprint density at radius 3 is 2.73 bits per heavy atom. The van der Waals surface area contributed by atoms with Crippen molar-refractivity contribution in [1.29, 1.82) is 0 Å². The lowest BCUT2D eigenvalue weighted by Gasteiger charge is -2.17. The third-order valence-corrected chi connectivity index (χ3v) is 5.07. The summed E-state index contributed by atoms with van der Waals surface area (Å²) in [5, 5.41) is 10.3. The van der Waals surface area contributed by atoms with Crippen LogP contribution >= 0.6 is 0 Å². The number of H-pyrrole nitrogens is 1. The molecule has 26 heavy (non-hydrogen) atoms. The van der Waals surface area contributed by atoms with E-state index in [4.69, 9.17) is 4.74 Å². The molecule has 5 nitrogen and oxygen atoms in total. The highest BCUT2D eigenvalue weighted by atomic mass is 16.5. The van der Waals surface area contributed by atoms with Gasteiger partial charge in [0.15, 0.2) is 0 Å². The summed E-state index contributed by atoms with van der Waals surface area (Å²) in [5.74, 6) is 0.689. The fourth-order valence-corrected chi connectivity index (χ4v) is 3.43. The van der Waals surface area contributed by atoms with Gasteiger partial charge >= 0.3 is 0 Å². The molecule has 2 N–H and O–H groups in total. The van der Waals surface area contributed by atoms with E-state index in [0.717, 1.165) is 46.7 Å². The number of ether oxygens (including phenoxy) is 1. The van der Waals surface area contributed by atoms with Crippen LogP contribution in [0.2, 0.25) is 0 Å². The van der Waals surface area contributed by atoms with Crippen LogP contribution in [0.5, 0.6) is 5.75 Å². The SMILES string of the molecule is COc1ccc2c(c1)CCc1c-2n[nH]c1C(=O)Nc1ccc(C)c(C)c1. The first kappa shape index (κ1) is 16.4. The highest BCUT2D eigenvalue weighted by Crippen LogP contribution is 2.35. The summed E-state index contributed by atoms with van der Waals surface area (Å²) < 4.78 is 5.30. The molecule has 0 atom stereocenters. The van der Waals surface area contributed by atoms with E-state index in [9.17, 15) is 4.79 Å². The van der Waals surface area contributed by atoms with Crippen LogP contribution in [0, 0.1) is 13.8 Å². The largest absolute Gasteiger partial charge is 0.497 e. The Hall–Kier alpha value is -3.08. The van der Waals surface area contributed by atoms with Gasteiger partial charge in [-0.1, -0.05) is 6.07 Å². The molecule has 1 aromatic heterocycles. The molecule has 0 bridgehead atoms. The zero-order chi connectivity index (χ0) is 18.3. The van der Waals surface area contributed by atoms with Crippen molar-refractivity contribution in [3.05, 3.63) is 64.3 Å². The molecule has 3 aromatic rings. The Labute approximate surface area is 152 Å². The second-order valence-electron chi connectivity index (χ2n) is 6.70. The molecular formula is C21H21N3O2. The number of hydrogen-bond acceptors (Lipinski definition) is 3. The lowest BCUT2D eigenvalue weighted by molar-refractivity contribution is 0.102. The molecule has 0 unspecified atom stereocenters. The van der Waals surface area contributed by atoms with E-state index in [1.807, 2.05) is 43.3 Å². The molecule has 0 saturated heterocycles. The van der Waals surface area contributed by atoms with E-state index < -0.39 is 0 Å². The van der Waals surface area contributed by atoms with Gasteiger partial charge in [0.25, 0.3) is 5.91 Å². The summed E-state index contributed by atoms with van der Waals surface area (Å²) in [6.45, 7) is 4.09. The Bertz CT molecular complexity index is 1000. The van der Waals surface area contributed by atoms with Crippen LogP contribution < -0.4 is 10.1 Å². The molecule has 0 saturated carbocycles. The molecule has 4 rings (SSSR count). The van der Waals surface area contributed by atoms with Gasteiger partial charge in [-0.25, -0.2) is 0 Å². The van der Waals surface area contributed by atoms with Crippen LogP contribution in [-0.2, 0) is 12.8 Å². The van der Waals surface area contributed by atoms with E-state index in [1.165, 1.54) is 11.1 Å². The van der Waals surface area contributed by atoms with E-state index in [1.54, 1.807) is 7.11 Å². The number of carbonyl (C=O) groups is 1. The second-order valence-corrected chi connectivity index (χ2v) is 6.70. The Morgan fingerprint density at radius 1 is 1.12 bits per heavy atom. The molecular weight excluding hydrogens is 326 g/mol. The van der Waals surface area contributed by atoms with Crippen molar-refractivity contribution in [2.24, 2.45) is 0 Å². The van der Waals surface area contributed by atoms with Crippen molar-refractivity contribution in [3.8, 4) is 17.0 Å². The minimum atomic E-state index is -0.154. The van der Waals surface area contributed by atoms with Gasteiger partial charge in [-0.15, -0.1) is 0 Å². The average Bonchev–Trinajstić information content (AvgIpc) is 3.08. The molecule has 2 aromatic carbocycles. The summed E-state index contributed by atoms with van der Waals surface area (Å²) in [7, 11) is 1.67.